The molecule has 2 aromatic rings. The first-order valence-corrected chi connectivity index (χ1v) is 11.4. The van der Waals surface area contributed by atoms with Gasteiger partial charge in [0.25, 0.3) is 0 Å². The van der Waals surface area contributed by atoms with Crippen molar-refractivity contribution in [3.05, 3.63) is 35.3 Å². The van der Waals surface area contributed by atoms with Gasteiger partial charge in [-0.25, -0.2) is 14.0 Å². The van der Waals surface area contributed by atoms with Gasteiger partial charge in [-0.15, -0.1) is 0 Å². The number of likely N-dealkylation sites (tertiary alicyclic amines) is 1. The number of piperidine rings is 1. The molecule has 3 heterocycles. The van der Waals surface area contributed by atoms with Crippen LogP contribution in [0.15, 0.2) is 18.3 Å². The third-order valence-electron chi connectivity index (χ3n) is 6.28. The fraction of sp³-hybridized carbons (Fsp3) is 0.583. The van der Waals surface area contributed by atoms with Crippen molar-refractivity contribution in [1.82, 2.24) is 19.7 Å². The molecule has 0 atom stereocenters. The zero-order valence-electron chi connectivity index (χ0n) is 19.4. The van der Waals surface area contributed by atoms with Gasteiger partial charge in [-0.2, -0.15) is 0 Å². The predicted octanol–water partition coefficient (Wildman–Crippen LogP) is 4.26. The van der Waals surface area contributed by atoms with E-state index in [4.69, 9.17) is 4.74 Å². The molecule has 0 aliphatic carbocycles. The summed E-state index contributed by atoms with van der Waals surface area (Å²) in [6.45, 7) is 11.1. The van der Waals surface area contributed by atoms with Crippen molar-refractivity contribution < 1.29 is 18.7 Å². The van der Waals surface area contributed by atoms with Gasteiger partial charge in [0.15, 0.2) is 0 Å². The highest BCUT2D eigenvalue weighted by Crippen LogP contribution is 2.29. The zero-order valence-corrected chi connectivity index (χ0v) is 19.4. The Kier molecular flexibility index (Phi) is 6.05. The van der Waals surface area contributed by atoms with E-state index in [-0.39, 0.29) is 11.8 Å². The number of halogens is 1. The van der Waals surface area contributed by atoms with Crippen LogP contribution in [0.3, 0.4) is 0 Å². The SMILES string of the molecule is Cc1cn2c3c(cc(F)cc13)CN(C(=O)N1CCC(CNC(=O)OC(C)(C)C)CC1)CC2. The Labute approximate surface area is 188 Å². The lowest BCUT2D eigenvalue weighted by Gasteiger charge is -2.35. The maximum absolute atomic E-state index is 14.2. The minimum absolute atomic E-state index is 0.00318. The van der Waals surface area contributed by atoms with E-state index in [9.17, 15) is 14.0 Å². The van der Waals surface area contributed by atoms with Gasteiger partial charge in [0, 0.05) is 50.9 Å². The molecule has 2 aliphatic rings. The van der Waals surface area contributed by atoms with Crippen LogP contribution in [0, 0.1) is 18.7 Å². The van der Waals surface area contributed by atoms with Crippen LogP contribution in [-0.2, 0) is 17.8 Å². The average molecular weight is 445 g/mol. The highest BCUT2D eigenvalue weighted by molar-refractivity contribution is 5.87. The summed E-state index contributed by atoms with van der Waals surface area (Å²) in [5, 5.41) is 3.76. The lowest BCUT2D eigenvalue weighted by molar-refractivity contribution is 0.0509. The van der Waals surface area contributed by atoms with E-state index in [0.717, 1.165) is 34.9 Å². The lowest BCUT2D eigenvalue weighted by Crippen LogP contribution is -2.48. The molecule has 1 aromatic heterocycles. The first kappa shape index (κ1) is 22.4. The molecule has 0 saturated carbocycles. The minimum Gasteiger partial charge on any atom is -0.444 e. The summed E-state index contributed by atoms with van der Waals surface area (Å²) in [6.07, 6.45) is 3.31. The number of benzene rings is 1. The van der Waals surface area contributed by atoms with Crippen LogP contribution in [0.5, 0.6) is 0 Å². The maximum Gasteiger partial charge on any atom is 0.407 e. The van der Waals surface area contributed by atoms with Crippen molar-refractivity contribution in [2.45, 2.75) is 59.2 Å². The van der Waals surface area contributed by atoms with Crippen molar-refractivity contribution in [2.24, 2.45) is 5.92 Å². The number of hydrogen-bond acceptors (Lipinski definition) is 3. The summed E-state index contributed by atoms with van der Waals surface area (Å²) in [5.74, 6) is 0.0585. The van der Waals surface area contributed by atoms with E-state index in [1.54, 1.807) is 12.1 Å². The number of carbonyl (C=O) groups is 2. The molecular weight excluding hydrogens is 411 g/mol. The molecule has 8 heteroatoms. The third kappa shape index (κ3) is 4.84. The van der Waals surface area contributed by atoms with Gasteiger partial charge in [0.05, 0.1) is 5.52 Å². The van der Waals surface area contributed by atoms with Crippen LogP contribution in [0.25, 0.3) is 10.9 Å². The first-order valence-electron chi connectivity index (χ1n) is 11.4. The Bertz CT molecular complexity index is 1020. The Morgan fingerprint density at radius 3 is 2.53 bits per heavy atom. The molecule has 0 radical (unpaired) electrons. The van der Waals surface area contributed by atoms with Gasteiger partial charge in [-0.3, -0.25) is 0 Å². The lowest BCUT2D eigenvalue weighted by atomic mass is 9.97. The smallest absolute Gasteiger partial charge is 0.407 e. The Balaban J connectivity index is 1.34. The number of aromatic nitrogens is 1. The largest absolute Gasteiger partial charge is 0.444 e. The Morgan fingerprint density at radius 1 is 1.12 bits per heavy atom. The summed E-state index contributed by atoms with van der Waals surface area (Å²) >= 11 is 0. The highest BCUT2D eigenvalue weighted by Gasteiger charge is 2.29. The fourth-order valence-electron chi connectivity index (χ4n) is 4.71. The van der Waals surface area contributed by atoms with Crippen LogP contribution in [0.4, 0.5) is 14.0 Å². The van der Waals surface area contributed by atoms with Gasteiger partial charge < -0.3 is 24.4 Å². The molecule has 32 heavy (non-hydrogen) atoms. The topological polar surface area (TPSA) is 66.8 Å². The van der Waals surface area contributed by atoms with Crippen molar-refractivity contribution in [3.8, 4) is 0 Å². The molecule has 3 amide bonds. The normalized spacial score (nSPS) is 17.4. The molecule has 0 spiro atoms. The van der Waals surface area contributed by atoms with E-state index in [1.165, 1.54) is 0 Å². The van der Waals surface area contributed by atoms with Gasteiger partial charge in [-0.1, -0.05) is 0 Å². The molecule has 2 aliphatic heterocycles. The van der Waals surface area contributed by atoms with Gasteiger partial charge in [0.1, 0.15) is 11.4 Å². The van der Waals surface area contributed by atoms with Crippen molar-refractivity contribution in [2.75, 3.05) is 26.2 Å². The second kappa shape index (κ2) is 8.64. The molecule has 0 bridgehead atoms. The molecule has 1 saturated heterocycles. The number of hydrogen-bond donors (Lipinski definition) is 1. The molecule has 174 valence electrons. The molecule has 1 N–H and O–H groups in total. The summed E-state index contributed by atoms with van der Waals surface area (Å²) < 4.78 is 21.6. The van der Waals surface area contributed by atoms with Crippen LogP contribution in [-0.4, -0.2) is 58.3 Å². The summed E-state index contributed by atoms with van der Waals surface area (Å²) in [7, 11) is 0. The maximum atomic E-state index is 14.2. The van der Waals surface area contributed by atoms with Crippen molar-refractivity contribution in [3.63, 3.8) is 0 Å². The molecule has 0 unspecified atom stereocenters. The van der Waals surface area contributed by atoms with Crippen LogP contribution in [0.2, 0.25) is 0 Å². The summed E-state index contributed by atoms with van der Waals surface area (Å²) in [4.78, 5) is 28.8. The highest BCUT2D eigenvalue weighted by atomic mass is 19.1. The number of nitrogens with zero attached hydrogens (tertiary/aromatic N) is 3. The third-order valence-corrected chi connectivity index (χ3v) is 6.28. The first-order chi connectivity index (χ1) is 15.1. The summed E-state index contributed by atoms with van der Waals surface area (Å²) in [5.41, 5.74) is 2.43. The number of rotatable bonds is 2. The number of amides is 3. The van der Waals surface area contributed by atoms with Crippen LogP contribution >= 0.6 is 0 Å². The number of nitrogens with one attached hydrogen (secondary N) is 1. The monoisotopic (exact) mass is 444 g/mol. The number of carbonyl (C=O) groups excluding carboxylic acids is 2. The Morgan fingerprint density at radius 2 is 1.84 bits per heavy atom. The van der Waals surface area contributed by atoms with Crippen molar-refractivity contribution >= 4 is 23.0 Å². The van der Waals surface area contributed by atoms with Gasteiger partial charge >= 0.3 is 12.1 Å². The second-order valence-electron chi connectivity index (χ2n) is 9.98. The fourth-order valence-corrected chi connectivity index (χ4v) is 4.71. The molecular formula is C24H33FN4O3. The predicted molar refractivity (Wildman–Crippen MR) is 121 cm³/mol. The van der Waals surface area contributed by atoms with Crippen molar-refractivity contribution in [1.29, 1.82) is 0 Å². The number of alkyl carbamates (subject to hydrolysis) is 1. The quantitative estimate of drug-likeness (QED) is 0.753. The number of urea groups is 1. The van der Waals surface area contributed by atoms with Crippen LogP contribution in [0.1, 0.15) is 44.7 Å². The van der Waals surface area contributed by atoms with Gasteiger partial charge in [-0.05, 0) is 69.7 Å². The van der Waals surface area contributed by atoms with E-state index < -0.39 is 11.7 Å². The molecule has 1 aromatic carbocycles. The van der Waals surface area contributed by atoms with Crippen LogP contribution < -0.4 is 5.32 Å². The molecule has 4 rings (SSSR count). The van der Waals surface area contributed by atoms with E-state index in [2.05, 4.69) is 9.88 Å². The second-order valence-corrected chi connectivity index (χ2v) is 9.98. The minimum atomic E-state index is -0.514. The molecule has 1 fully saturated rings. The standard InChI is InChI=1S/C24H33FN4O3/c1-16-14-28-9-10-29(15-18-11-19(25)12-20(16)21(18)28)23(31)27-7-5-17(6-8-27)13-26-22(30)32-24(2,3)4/h11-12,14,17H,5-10,13,15H2,1-4H3,(H,26,30). The van der Waals surface area contributed by atoms with E-state index in [1.807, 2.05) is 43.7 Å². The number of aryl methyl sites for hydroxylation is 1. The number of ether oxygens (including phenoxy) is 1. The zero-order chi connectivity index (χ0) is 23.0. The summed E-state index contributed by atoms with van der Waals surface area (Å²) in [6, 6.07) is 3.14. The molecule has 7 nitrogen and oxygen atoms in total. The Hall–Kier alpha value is -2.77. The van der Waals surface area contributed by atoms with E-state index >= 15 is 0 Å². The van der Waals surface area contributed by atoms with E-state index in [0.29, 0.717) is 45.2 Å². The van der Waals surface area contributed by atoms with Gasteiger partial charge in [0.2, 0.25) is 0 Å². The average Bonchev–Trinajstić information content (AvgIpc) is 2.92.